The van der Waals surface area contributed by atoms with Crippen molar-refractivity contribution in [1.82, 2.24) is 9.66 Å². The molecule has 37 heavy (non-hydrogen) atoms. The normalized spacial score (nSPS) is 12.0. The maximum atomic E-state index is 13.3. The maximum Gasteiger partial charge on any atom is 0.347 e. The molecule has 0 N–H and O–H groups in total. The van der Waals surface area contributed by atoms with Crippen LogP contribution in [0.3, 0.4) is 0 Å². The van der Waals surface area contributed by atoms with Gasteiger partial charge >= 0.3 is 11.7 Å². The van der Waals surface area contributed by atoms with Crippen LogP contribution in [0.4, 0.5) is 5.69 Å². The fourth-order valence-electron chi connectivity index (χ4n) is 3.54. The summed E-state index contributed by atoms with van der Waals surface area (Å²) in [6.45, 7) is 3.16. The second-order valence-corrected chi connectivity index (χ2v) is 8.21. The fourth-order valence-corrected chi connectivity index (χ4v) is 3.81. The van der Waals surface area contributed by atoms with E-state index < -0.39 is 28.2 Å². The molecule has 10 nitrogen and oxygen atoms in total. The first-order chi connectivity index (χ1) is 17.8. The lowest BCUT2D eigenvalue weighted by Crippen LogP contribution is -2.26. The molecular formula is C26H21ClN4O6. The van der Waals surface area contributed by atoms with E-state index in [0.717, 1.165) is 4.68 Å². The number of aromatic nitrogens is 2. The molecule has 1 aromatic heterocycles. The molecule has 0 amide bonds. The number of nitro benzene ring substituents is 1. The Morgan fingerprint density at radius 2 is 1.89 bits per heavy atom. The van der Waals surface area contributed by atoms with Crippen molar-refractivity contribution < 1.29 is 19.2 Å². The van der Waals surface area contributed by atoms with Crippen molar-refractivity contribution in [3.63, 3.8) is 0 Å². The molecule has 188 valence electrons. The van der Waals surface area contributed by atoms with Gasteiger partial charge in [0, 0.05) is 17.2 Å². The van der Waals surface area contributed by atoms with Gasteiger partial charge in [0.2, 0.25) is 5.75 Å². The highest BCUT2D eigenvalue weighted by atomic mass is 35.5. The van der Waals surface area contributed by atoms with Crippen LogP contribution >= 0.6 is 11.6 Å². The van der Waals surface area contributed by atoms with Gasteiger partial charge in [0.05, 0.1) is 33.7 Å². The number of esters is 1. The Morgan fingerprint density at radius 3 is 2.59 bits per heavy atom. The number of carbonyl (C=O) groups excluding carboxylic acids is 1. The monoisotopic (exact) mass is 520 g/mol. The van der Waals surface area contributed by atoms with E-state index >= 15 is 0 Å². The Hall–Kier alpha value is -4.57. The molecule has 4 aromatic rings. The van der Waals surface area contributed by atoms with Crippen LogP contribution in [0.15, 0.2) is 76.6 Å². The molecule has 4 rings (SSSR count). The minimum absolute atomic E-state index is 0.112. The SMILES string of the molecule is CCOC(=O)[C@@H](C)Oc1c(Cl)cc(C=Nn2c(-c3ccccc3)nc3ccccc3c2=O)cc1[N+](=O)[O-]. The molecule has 0 spiro atoms. The van der Waals surface area contributed by atoms with Crippen LogP contribution in [-0.2, 0) is 9.53 Å². The van der Waals surface area contributed by atoms with Gasteiger partial charge in [0.1, 0.15) is 0 Å². The van der Waals surface area contributed by atoms with E-state index in [0.29, 0.717) is 22.3 Å². The minimum Gasteiger partial charge on any atom is -0.471 e. The Kier molecular flexibility index (Phi) is 7.59. The highest BCUT2D eigenvalue weighted by Gasteiger charge is 2.25. The standard InChI is InChI=1S/C26H21ClN4O6/c1-3-36-26(33)16(2)37-23-20(27)13-17(14-22(23)31(34)35)15-28-30-24(18-9-5-4-6-10-18)29-21-12-8-7-11-19(21)25(30)32/h4-16H,3H2,1-2H3/t16-/m1/s1. The number of hydrogen-bond acceptors (Lipinski definition) is 8. The topological polar surface area (TPSA) is 126 Å². The molecule has 11 heteroatoms. The molecule has 0 bridgehead atoms. The van der Waals surface area contributed by atoms with Gasteiger partial charge in [0.25, 0.3) is 5.56 Å². The minimum atomic E-state index is -1.12. The number of rotatable bonds is 8. The lowest BCUT2D eigenvalue weighted by Gasteiger charge is -2.15. The van der Waals surface area contributed by atoms with Gasteiger partial charge in [-0.3, -0.25) is 14.9 Å². The zero-order valence-corrected chi connectivity index (χ0v) is 20.6. The second-order valence-electron chi connectivity index (χ2n) is 7.80. The summed E-state index contributed by atoms with van der Waals surface area (Å²) >= 11 is 6.30. The number of hydrogen-bond donors (Lipinski definition) is 0. The van der Waals surface area contributed by atoms with Gasteiger partial charge in [-0.1, -0.05) is 54.1 Å². The molecule has 0 aliphatic heterocycles. The van der Waals surface area contributed by atoms with Gasteiger partial charge in [-0.2, -0.15) is 9.78 Å². The van der Waals surface area contributed by atoms with E-state index in [-0.39, 0.29) is 22.9 Å². The first kappa shape index (κ1) is 25.5. The molecule has 3 aromatic carbocycles. The van der Waals surface area contributed by atoms with Crippen molar-refractivity contribution in [3.05, 3.63) is 97.8 Å². The lowest BCUT2D eigenvalue weighted by molar-refractivity contribution is -0.386. The van der Waals surface area contributed by atoms with Crippen molar-refractivity contribution in [2.24, 2.45) is 5.10 Å². The molecule has 1 heterocycles. The summed E-state index contributed by atoms with van der Waals surface area (Å²) in [6.07, 6.45) is 0.146. The fraction of sp³-hybridized carbons (Fsp3) is 0.154. The Balaban J connectivity index is 1.79. The molecule has 0 fully saturated rings. The van der Waals surface area contributed by atoms with Gasteiger partial charge in [-0.25, -0.2) is 9.78 Å². The molecular weight excluding hydrogens is 500 g/mol. The average Bonchev–Trinajstić information content (AvgIpc) is 2.89. The number of nitro groups is 1. The van der Waals surface area contributed by atoms with Crippen LogP contribution < -0.4 is 10.3 Å². The van der Waals surface area contributed by atoms with Crippen LogP contribution in [0.1, 0.15) is 19.4 Å². The first-order valence-corrected chi connectivity index (χ1v) is 11.6. The quantitative estimate of drug-likeness (QED) is 0.141. The van der Waals surface area contributed by atoms with Crippen molar-refractivity contribution >= 4 is 40.4 Å². The Bertz CT molecular complexity index is 1570. The van der Waals surface area contributed by atoms with Crippen molar-refractivity contribution in [3.8, 4) is 17.1 Å². The third-order valence-electron chi connectivity index (χ3n) is 5.26. The van der Waals surface area contributed by atoms with E-state index in [1.807, 2.05) is 18.2 Å². The largest absolute Gasteiger partial charge is 0.471 e. The van der Waals surface area contributed by atoms with Crippen LogP contribution in [0.25, 0.3) is 22.3 Å². The van der Waals surface area contributed by atoms with E-state index in [4.69, 9.17) is 21.1 Å². The van der Waals surface area contributed by atoms with Crippen molar-refractivity contribution in [2.75, 3.05) is 6.61 Å². The summed E-state index contributed by atoms with van der Waals surface area (Å²) in [7, 11) is 0. The summed E-state index contributed by atoms with van der Waals surface area (Å²) in [4.78, 5) is 40.9. The maximum absolute atomic E-state index is 13.3. The number of carbonyl (C=O) groups is 1. The summed E-state index contributed by atoms with van der Waals surface area (Å²) in [5, 5.41) is 16.3. The van der Waals surface area contributed by atoms with Gasteiger partial charge < -0.3 is 9.47 Å². The summed E-state index contributed by atoms with van der Waals surface area (Å²) in [6, 6.07) is 18.5. The van der Waals surface area contributed by atoms with E-state index in [1.54, 1.807) is 43.3 Å². The molecule has 1 atom stereocenters. The average molecular weight is 521 g/mol. The molecule has 0 aliphatic rings. The molecule has 0 saturated heterocycles. The number of para-hydroxylation sites is 1. The third-order valence-corrected chi connectivity index (χ3v) is 5.54. The van der Waals surface area contributed by atoms with Crippen LogP contribution in [-0.4, -0.2) is 39.5 Å². The number of fused-ring (bicyclic) bond motifs is 1. The summed E-state index contributed by atoms with van der Waals surface area (Å²) < 4.78 is 11.5. The number of ether oxygens (including phenoxy) is 2. The van der Waals surface area contributed by atoms with E-state index in [9.17, 15) is 19.7 Å². The summed E-state index contributed by atoms with van der Waals surface area (Å²) in [5.74, 6) is -0.668. The van der Waals surface area contributed by atoms with Crippen molar-refractivity contribution in [1.29, 1.82) is 0 Å². The second kappa shape index (κ2) is 11.0. The highest BCUT2D eigenvalue weighted by molar-refractivity contribution is 6.32. The lowest BCUT2D eigenvalue weighted by atomic mass is 10.2. The van der Waals surface area contributed by atoms with E-state index in [1.165, 1.54) is 25.3 Å². The summed E-state index contributed by atoms with van der Waals surface area (Å²) in [5.41, 5.74) is 0.505. The van der Waals surface area contributed by atoms with Crippen LogP contribution in [0.2, 0.25) is 5.02 Å². The van der Waals surface area contributed by atoms with E-state index in [2.05, 4.69) is 10.1 Å². The van der Waals surface area contributed by atoms with Crippen molar-refractivity contribution in [2.45, 2.75) is 20.0 Å². The van der Waals surface area contributed by atoms with Gasteiger partial charge in [0.15, 0.2) is 11.9 Å². The first-order valence-electron chi connectivity index (χ1n) is 11.2. The molecule has 0 unspecified atom stereocenters. The Morgan fingerprint density at radius 1 is 1.19 bits per heavy atom. The highest BCUT2D eigenvalue weighted by Crippen LogP contribution is 2.36. The molecule has 0 saturated carbocycles. The smallest absolute Gasteiger partial charge is 0.347 e. The Labute approximate surface area is 215 Å². The number of benzene rings is 3. The molecule has 0 radical (unpaired) electrons. The zero-order valence-electron chi connectivity index (χ0n) is 19.8. The zero-order chi connectivity index (χ0) is 26.5. The number of halogens is 1. The van der Waals surface area contributed by atoms with Crippen LogP contribution in [0, 0.1) is 10.1 Å². The molecule has 0 aliphatic carbocycles. The van der Waals surface area contributed by atoms with Crippen LogP contribution in [0.5, 0.6) is 5.75 Å². The van der Waals surface area contributed by atoms with Gasteiger partial charge in [-0.15, -0.1) is 0 Å². The predicted molar refractivity (Wildman–Crippen MR) is 139 cm³/mol. The number of nitrogens with zero attached hydrogens (tertiary/aromatic N) is 4. The predicted octanol–water partition coefficient (Wildman–Crippen LogP) is 4.84. The van der Waals surface area contributed by atoms with Gasteiger partial charge in [-0.05, 0) is 32.0 Å². The third kappa shape index (κ3) is 5.49.